The molecule has 0 aromatic rings. The summed E-state index contributed by atoms with van der Waals surface area (Å²) in [7, 11) is 0. The average molecular weight is 198 g/mol. The Morgan fingerprint density at radius 3 is 1.21 bits per heavy atom. The van der Waals surface area contributed by atoms with Crippen LogP contribution >= 0.6 is 0 Å². The molecule has 0 heteroatoms. The summed E-state index contributed by atoms with van der Waals surface area (Å²) in [5.74, 6) is 0. The Kier molecular flexibility index (Phi) is 49.0. The molecule has 0 saturated heterocycles. The predicted molar refractivity (Wildman–Crippen MR) is 72.8 cm³/mol. The van der Waals surface area contributed by atoms with Gasteiger partial charge >= 0.3 is 0 Å². The van der Waals surface area contributed by atoms with Crippen molar-refractivity contribution in [3.05, 3.63) is 37.0 Å². The summed E-state index contributed by atoms with van der Waals surface area (Å²) >= 11 is 0. The second-order valence-electron chi connectivity index (χ2n) is 2.22. The van der Waals surface area contributed by atoms with Crippen LogP contribution in [0.4, 0.5) is 0 Å². The molecule has 0 rings (SSSR count). The van der Waals surface area contributed by atoms with Crippen molar-refractivity contribution >= 4 is 0 Å². The van der Waals surface area contributed by atoms with Crippen LogP contribution in [0.15, 0.2) is 37.0 Å². The molecule has 0 fully saturated rings. The molecule has 14 heavy (non-hydrogen) atoms. The molecule has 0 aromatic carbocycles. The van der Waals surface area contributed by atoms with Gasteiger partial charge in [-0.2, -0.15) is 0 Å². The van der Waals surface area contributed by atoms with Crippen molar-refractivity contribution in [2.24, 2.45) is 0 Å². The van der Waals surface area contributed by atoms with E-state index >= 15 is 0 Å². The highest BCUT2D eigenvalue weighted by atomic mass is 13.9. The molecule has 0 amide bonds. The third-order valence-electron chi connectivity index (χ3n) is 0.795. The standard InChI is InChI=1S/C7H10.C3H8.2C2H6/c1-5-7(4)6(2)3;1-3-2;2*1-2/h5H,1-2,4H2,3H3;3H2,1-2H3;2*1-2H3. The average Bonchev–Trinajstić information content (AvgIpc) is 2.23. The van der Waals surface area contributed by atoms with Crippen molar-refractivity contribution in [1.82, 2.24) is 0 Å². The summed E-state index contributed by atoms with van der Waals surface area (Å²) in [4.78, 5) is 0. The molecule has 0 aromatic heterocycles. The van der Waals surface area contributed by atoms with Crippen molar-refractivity contribution in [1.29, 1.82) is 0 Å². The Balaban J connectivity index is -0.0000000603. The molecule has 0 unspecified atom stereocenters. The monoisotopic (exact) mass is 198 g/mol. The zero-order valence-electron chi connectivity index (χ0n) is 11.4. The molecule has 0 bridgehead atoms. The summed E-state index contributed by atoms with van der Waals surface area (Å²) in [6.07, 6.45) is 2.95. The molecule has 0 heterocycles. The fraction of sp³-hybridized carbons (Fsp3) is 0.571. The summed E-state index contributed by atoms with van der Waals surface area (Å²) < 4.78 is 0. The van der Waals surface area contributed by atoms with Crippen LogP contribution in [0.3, 0.4) is 0 Å². The van der Waals surface area contributed by atoms with E-state index in [0.29, 0.717) is 0 Å². The highest BCUT2D eigenvalue weighted by molar-refractivity contribution is 5.31. The summed E-state index contributed by atoms with van der Waals surface area (Å²) in [6, 6.07) is 0. The van der Waals surface area contributed by atoms with Gasteiger partial charge in [-0.3, -0.25) is 0 Å². The zero-order chi connectivity index (χ0) is 12.6. The van der Waals surface area contributed by atoms with Crippen molar-refractivity contribution in [3.63, 3.8) is 0 Å². The Bertz CT molecular complexity index is 118. The van der Waals surface area contributed by atoms with Crippen LogP contribution in [-0.4, -0.2) is 0 Å². The van der Waals surface area contributed by atoms with E-state index in [4.69, 9.17) is 0 Å². The van der Waals surface area contributed by atoms with Gasteiger partial charge in [0.1, 0.15) is 0 Å². The molecule has 86 valence electrons. The lowest BCUT2D eigenvalue weighted by atomic mass is 10.2. The minimum atomic E-state index is 0.917. The van der Waals surface area contributed by atoms with Crippen LogP contribution in [0.5, 0.6) is 0 Å². The Morgan fingerprint density at radius 1 is 1.00 bits per heavy atom. The van der Waals surface area contributed by atoms with Crippen molar-refractivity contribution < 1.29 is 0 Å². The van der Waals surface area contributed by atoms with E-state index in [0.717, 1.165) is 11.1 Å². The maximum absolute atomic E-state index is 3.66. The largest absolute Gasteiger partial charge is 0.0985 e. The molecular formula is C14H30. The third kappa shape index (κ3) is 43.0. The molecule has 0 nitrogen and oxygen atoms in total. The van der Waals surface area contributed by atoms with Crippen molar-refractivity contribution in [2.75, 3.05) is 0 Å². The Morgan fingerprint density at radius 2 is 1.21 bits per heavy atom. The van der Waals surface area contributed by atoms with E-state index in [1.54, 1.807) is 6.08 Å². The molecule has 0 radical (unpaired) electrons. The van der Waals surface area contributed by atoms with Crippen LogP contribution in [0.25, 0.3) is 0 Å². The lowest BCUT2D eigenvalue weighted by Gasteiger charge is -1.90. The van der Waals surface area contributed by atoms with Crippen LogP contribution < -0.4 is 0 Å². The number of hydrogen-bond donors (Lipinski definition) is 0. The van der Waals surface area contributed by atoms with Gasteiger partial charge in [0.05, 0.1) is 0 Å². The van der Waals surface area contributed by atoms with Gasteiger partial charge in [0.15, 0.2) is 0 Å². The van der Waals surface area contributed by atoms with Crippen molar-refractivity contribution in [3.8, 4) is 0 Å². The zero-order valence-corrected chi connectivity index (χ0v) is 11.4. The summed E-state index contributed by atoms with van der Waals surface area (Å²) in [6.45, 7) is 25.0. The van der Waals surface area contributed by atoms with Crippen LogP contribution in [0.2, 0.25) is 0 Å². The van der Waals surface area contributed by atoms with Gasteiger partial charge in [0.2, 0.25) is 0 Å². The van der Waals surface area contributed by atoms with Crippen LogP contribution in [-0.2, 0) is 0 Å². The number of hydrogen-bond acceptors (Lipinski definition) is 0. The maximum atomic E-state index is 3.66. The molecule has 0 atom stereocenters. The van der Waals surface area contributed by atoms with Gasteiger partial charge in [-0.15, -0.1) is 0 Å². The second kappa shape index (κ2) is 29.5. The Labute approximate surface area is 92.4 Å². The molecule has 0 saturated carbocycles. The van der Waals surface area contributed by atoms with Gasteiger partial charge in [-0.25, -0.2) is 0 Å². The molecular weight excluding hydrogens is 168 g/mol. The minimum absolute atomic E-state index is 0.917. The molecule has 0 aliphatic rings. The number of allylic oxidation sites excluding steroid dienone is 3. The molecule has 0 aliphatic carbocycles. The third-order valence-corrected chi connectivity index (χ3v) is 0.795. The molecule has 0 N–H and O–H groups in total. The van der Waals surface area contributed by atoms with Gasteiger partial charge in [0, 0.05) is 0 Å². The van der Waals surface area contributed by atoms with E-state index in [1.165, 1.54) is 6.42 Å². The SMILES string of the molecule is C=CC(=C)C(=C)C.CC.CC.CCC. The first-order chi connectivity index (χ1) is 6.59. The first-order valence-corrected chi connectivity index (χ1v) is 5.57. The van der Waals surface area contributed by atoms with E-state index in [2.05, 4.69) is 33.6 Å². The van der Waals surface area contributed by atoms with E-state index in [1.807, 2.05) is 34.6 Å². The van der Waals surface area contributed by atoms with Gasteiger partial charge in [0.25, 0.3) is 0 Å². The van der Waals surface area contributed by atoms with Crippen LogP contribution in [0.1, 0.15) is 54.9 Å². The first kappa shape index (κ1) is 23.2. The summed E-state index contributed by atoms with van der Waals surface area (Å²) in [5.41, 5.74) is 1.90. The molecule has 0 aliphatic heterocycles. The topological polar surface area (TPSA) is 0 Å². The summed E-state index contributed by atoms with van der Waals surface area (Å²) in [5, 5.41) is 0. The van der Waals surface area contributed by atoms with E-state index < -0.39 is 0 Å². The minimum Gasteiger partial charge on any atom is -0.0985 e. The van der Waals surface area contributed by atoms with Gasteiger partial charge < -0.3 is 0 Å². The van der Waals surface area contributed by atoms with Crippen molar-refractivity contribution in [2.45, 2.75) is 54.9 Å². The van der Waals surface area contributed by atoms with Crippen LogP contribution in [0, 0.1) is 0 Å². The fourth-order valence-electron chi connectivity index (χ4n) is 0.174. The van der Waals surface area contributed by atoms with E-state index in [9.17, 15) is 0 Å². The fourth-order valence-corrected chi connectivity index (χ4v) is 0.174. The van der Waals surface area contributed by atoms with Gasteiger partial charge in [-0.05, 0) is 12.5 Å². The quantitative estimate of drug-likeness (QED) is 0.494. The normalized spacial score (nSPS) is 5.93. The highest BCUT2D eigenvalue weighted by Crippen LogP contribution is 2.01. The first-order valence-electron chi connectivity index (χ1n) is 5.57. The van der Waals surface area contributed by atoms with E-state index in [-0.39, 0.29) is 0 Å². The predicted octanol–water partition coefficient (Wildman–Crippen LogP) is 5.77. The lowest BCUT2D eigenvalue weighted by Crippen LogP contribution is -1.70. The highest BCUT2D eigenvalue weighted by Gasteiger charge is 1.81. The number of rotatable bonds is 2. The lowest BCUT2D eigenvalue weighted by molar-refractivity contribution is 1.09. The maximum Gasteiger partial charge on any atom is -0.0311 e. The van der Waals surface area contributed by atoms with Gasteiger partial charge in [-0.1, -0.05) is 79.3 Å². The molecule has 0 spiro atoms. The Hall–Kier alpha value is -0.780. The second-order valence-corrected chi connectivity index (χ2v) is 2.22. The smallest absolute Gasteiger partial charge is 0.0311 e.